The normalized spacial score (nSPS) is 15.3. The second kappa shape index (κ2) is 9.60. The molecule has 166 valence electrons. The van der Waals surface area contributed by atoms with Crippen LogP contribution in [0.4, 0.5) is 0 Å². The molecule has 3 aromatic rings. The van der Waals surface area contributed by atoms with E-state index in [0.717, 1.165) is 12.8 Å². The van der Waals surface area contributed by atoms with Crippen LogP contribution in [-0.4, -0.2) is 60.4 Å². The number of pyridine rings is 1. The Hall–Kier alpha value is -3.73. The van der Waals surface area contributed by atoms with Crippen molar-refractivity contribution in [2.45, 2.75) is 32.2 Å². The summed E-state index contributed by atoms with van der Waals surface area (Å²) in [6.07, 6.45) is 9.86. The number of nitrogens with zero attached hydrogens (tertiary/aromatic N) is 6. The van der Waals surface area contributed by atoms with E-state index >= 15 is 0 Å². The first-order chi connectivity index (χ1) is 15.5. The lowest BCUT2D eigenvalue weighted by Gasteiger charge is -2.26. The van der Waals surface area contributed by atoms with Gasteiger partial charge in [-0.3, -0.25) is 9.78 Å². The molecule has 1 atom stereocenters. The lowest BCUT2D eigenvalue weighted by Crippen LogP contribution is -2.32. The number of nitrogens with one attached hydrogen (secondary N) is 1. The second-order valence-corrected chi connectivity index (χ2v) is 7.69. The summed E-state index contributed by atoms with van der Waals surface area (Å²) in [6, 6.07) is 0.983. The van der Waals surface area contributed by atoms with Crippen LogP contribution in [0.5, 0.6) is 0 Å². The fraction of sp³-hybridized carbons (Fsp3) is 0.381. The van der Waals surface area contributed by atoms with Crippen molar-refractivity contribution in [3.63, 3.8) is 0 Å². The topological polar surface area (TPSA) is 145 Å². The molecule has 1 amide bonds. The molecular weight excluding hydrogens is 414 g/mol. The van der Waals surface area contributed by atoms with E-state index < -0.39 is 12.0 Å². The Bertz CT molecular complexity index is 1110. The van der Waals surface area contributed by atoms with Crippen LogP contribution in [0.15, 0.2) is 37.1 Å². The first-order valence-corrected chi connectivity index (χ1v) is 10.3. The molecule has 3 aromatic heterocycles. The van der Waals surface area contributed by atoms with Crippen molar-refractivity contribution in [2.24, 2.45) is 5.92 Å². The van der Waals surface area contributed by atoms with Crippen LogP contribution >= 0.6 is 0 Å². The summed E-state index contributed by atoms with van der Waals surface area (Å²) in [5, 5.41) is 28.5. The SMILES string of the molecule is Cc1cnncc1C(=O)NC(CC1CCOCC1)c1cn(-c2cnccc2C(=O)O)nn1. The smallest absolute Gasteiger partial charge is 0.338 e. The third-order valence-electron chi connectivity index (χ3n) is 5.53. The predicted octanol–water partition coefficient (Wildman–Crippen LogP) is 1.75. The average Bonchev–Trinajstić information content (AvgIpc) is 3.30. The van der Waals surface area contributed by atoms with E-state index in [-0.39, 0.29) is 11.5 Å². The van der Waals surface area contributed by atoms with E-state index in [1.807, 2.05) is 0 Å². The molecule has 0 radical (unpaired) electrons. The zero-order valence-electron chi connectivity index (χ0n) is 17.5. The fourth-order valence-electron chi connectivity index (χ4n) is 3.73. The quantitative estimate of drug-likeness (QED) is 0.564. The molecule has 1 unspecified atom stereocenters. The van der Waals surface area contributed by atoms with Crippen molar-refractivity contribution in [1.29, 1.82) is 0 Å². The van der Waals surface area contributed by atoms with Gasteiger partial charge in [0.2, 0.25) is 0 Å². The molecule has 0 aromatic carbocycles. The van der Waals surface area contributed by atoms with Gasteiger partial charge in [-0.05, 0) is 43.7 Å². The number of carbonyl (C=O) groups excluding carboxylic acids is 1. The van der Waals surface area contributed by atoms with Crippen molar-refractivity contribution >= 4 is 11.9 Å². The average molecular weight is 437 g/mol. The number of aryl methyl sites for hydroxylation is 1. The molecule has 0 aliphatic carbocycles. The highest BCUT2D eigenvalue weighted by Gasteiger charge is 2.26. The summed E-state index contributed by atoms with van der Waals surface area (Å²) < 4.78 is 6.82. The zero-order valence-corrected chi connectivity index (χ0v) is 17.5. The molecule has 4 heterocycles. The van der Waals surface area contributed by atoms with Crippen molar-refractivity contribution in [1.82, 2.24) is 35.5 Å². The number of carboxylic acid groups (broad SMARTS) is 1. The Morgan fingerprint density at radius 3 is 2.75 bits per heavy atom. The van der Waals surface area contributed by atoms with Crippen molar-refractivity contribution in [3.8, 4) is 5.69 Å². The van der Waals surface area contributed by atoms with Crippen LogP contribution in [0.1, 0.15) is 57.3 Å². The maximum absolute atomic E-state index is 13.0. The lowest BCUT2D eigenvalue weighted by atomic mass is 9.91. The van der Waals surface area contributed by atoms with Gasteiger partial charge < -0.3 is 15.2 Å². The van der Waals surface area contributed by atoms with E-state index in [0.29, 0.717) is 48.1 Å². The van der Waals surface area contributed by atoms with E-state index in [1.54, 1.807) is 13.1 Å². The van der Waals surface area contributed by atoms with Gasteiger partial charge in [0, 0.05) is 19.4 Å². The molecule has 1 aliphatic heterocycles. The number of aromatic nitrogens is 6. The summed E-state index contributed by atoms with van der Waals surface area (Å²) in [5.41, 5.74) is 2.03. The molecule has 1 saturated heterocycles. The zero-order chi connectivity index (χ0) is 22.5. The molecule has 11 nitrogen and oxygen atoms in total. The second-order valence-electron chi connectivity index (χ2n) is 7.69. The number of hydrogen-bond acceptors (Lipinski definition) is 8. The van der Waals surface area contributed by atoms with Gasteiger partial charge in [0.15, 0.2) is 0 Å². The minimum atomic E-state index is -1.09. The first kappa shape index (κ1) is 21.5. The number of carbonyl (C=O) groups is 2. The van der Waals surface area contributed by atoms with Crippen LogP contribution < -0.4 is 5.32 Å². The molecule has 0 bridgehead atoms. The van der Waals surface area contributed by atoms with Gasteiger partial charge in [-0.2, -0.15) is 10.2 Å². The largest absolute Gasteiger partial charge is 0.478 e. The maximum atomic E-state index is 13.0. The van der Waals surface area contributed by atoms with Crippen LogP contribution in [0.2, 0.25) is 0 Å². The highest BCUT2D eigenvalue weighted by molar-refractivity contribution is 5.95. The van der Waals surface area contributed by atoms with E-state index in [2.05, 4.69) is 30.8 Å². The highest BCUT2D eigenvalue weighted by atomic mass is 16.5. The molecule has 2 N–H and O–H groups in total. The molecule has 1 fully saturated rings. The Kier molecular flexibility index (Phi) is 6.45. The van der Waals surface area contributed by atoms with Crippen molar-refractivity contribution in [3.05, 3.63) is 59.4 Å². The molecule has 0 saturated carbocycles. The Morgan fingerprint density at radius 1 is 1.22 bits per heavy atom. The summed E-state index contributed by atoms with van der Waals surface area (Å²) in [6.45, 7) is 3.16. The van der Waals surface area contributed by atoms with Crippen LogP contribution in [0.25, 0.3) is 5.69 Å². The monoisotopic (exact) mass is 437 g/mol. The Balaban J connectivity index is 1.62. The lowest BCUT2D eigenvalue weighted by molar-refractivity contribution is 0.0595. The van der Waals surface area contributed by atoms with Crippen molar-refractivity contribution < 1.29 is 19.4 Å². The van der Waals surface area contributed by atoms with Gasteiger partial charge in [0.05, 0.1) is 47.6 Å². The number of carboxylic acids is 1. The maximum Gasteiger partial charge on any atom is 0.338 e. The summed E-state index contributed by atoms with van der Waals surface area (Å²) in [7, 11) is 0. The fourth-order valence-corrected chi connectivity index (χ4v) is 3.73. The summed E-state index contributed by atoms with van der Waals surface area (Å²) >= 11 is 0. The first-order valence-electron chi connectivity index (χ1n) is 10.3. The van der Waals surface area contributed by atoms with Gasteiger partial charge in [-0.15, -0.1) is 5.10 Å². The van der Waals surface area contributed by atoms with Crippen LogP contribution in [0, 0.1) is 12.8 Å². The third kappa shape index (κ3) is 4.78. The summed E-state index contributed by atoms with van der Waals surface area (Å²) in [4.78, 5) is 28.5. The summed E-state index contributed by atoms with van der Waals surface area (Å²) in [5.74, 6) is -1.02. The van der Waals surface area contributed by atoms with E-state index in [4.69, 9.17) is 4.74 Å². The number of aromatic carboxylic acids is 1. The number of ether oxygens (including phenoxy) is 1. The van der Waals surface area contributed by atoms with Crippen LogP contribution in [-0.2, 0) is 4.74 Å². The Morgan fingerprint density at radius 2 is 2.00 bits per heavy atom. The molecule has 11 heteroatoms. The Labute approximate surface area is 183 Å². The standard InChI is InChI=1S/C21H23N7O4/c1-13-9-23-24-10-16(13)20(29)25-17(8-14-3-6-32-7-4-14)18-12-28(27-26-18)19-11-22-5-2-15(19)21(30)31/h2,5,9-12,14,17H,3-4,6-8H2,1H3,(H,25,29)(H,30,31). The van der Waals surface area contributed by atoms with Gasteiger partial charge in [-0.1, -0.05) is 5.21 Å². The van der Waals surface area contributed by atoms with E-state index in [9.17, 15) is 14.7 Å². The minimum absolute atomic E-state index is 0.0555. The predicted molar refractivity (Wildman–Crippen MR) is 111 cm³/mol. The highest BCUT2D eigenvalue weighted by Crippen LogP contribution is 2.28. The number of hydrogen-bond donors (Lipinski definition) is 2. The number of amides is 1. The van der Waals surface area contributed by atoms with Crippen LogP contribution in [0.3, 0.4) is 0 Å². The molecule has 4 rings (SSSR count). The number of rotatable bonds is 7. The van der Waals surface area contributed by atoms with Gasteiger partial charge in [0.1, 0.15) is 5.69 Å². The van der Waals surface area contributed by atoms with E-state index in [1.165, 1.54) is 35.5 Å². The van der Waals surface area contributed by atoms with Crippen molar-refractivity contribution in [2.75, 3.05) is 13.2 Å². The molecule has 0 spiro atoms. The van der Waals surface area contributed by atoms with Gasteiger partial charge in [0.25, 0.3) is 5.91 Å². The van der Waals surface area contributed by atoms with Gasteiger partial charge >= 0.3 is 5.97 Å². The third-order valence-corrected chi connectivity index (χ3v) is 5.53. The van der Waals surface area contributed by atoms with Gasteiger partial charge in [-0.25, -0.2) is 9.48 Å². The molecule has 32 heavy (non-hydrogen) atoms. The minimum Gasteiger partial charge on any atom is -0.478 e. The molecule has 1 aliphatic rings. The molecular formula is C21H23N7O4.